The monoisotopic (exact) mass is 779 g/mol. The van der Waals surface area contributed by atoms with E-state index >= 15 is 0 Å². The smallest absolute Gasteiger partial charge is 0.266 e. The summed E-state index contributed by atoms with van der Waals surface area (Å²) in [5.41, 5.74) is -1.65. The second kappa shape index (κ2) is 22.1. The van der Waals surface area contributed by atoms with Crippen LogP contribution in [0.1, 0.15) is 64.5 Å². The molecule has 0 aliphatic carbocycles. The highest BCUT2D eigenvalue weighted by atomic mass is 16.5. The molecule has 0 fully saturated rings. The number of carbonyl (C=O) groups excluding carboxylic acids is 4. The predicted octanol–water partition coefficient (Wildman–Crippen LogP) is -3.20. The lowest BCUT2D eigenvalue weighted by molar-refractivity contribution is -0.138. The molecule has 56 heavy (non-hydrogen) atoms. The minimum absolute atomic E-state index is 0.0255. The van der Waals surface area contributed by atoms with Gasteiger partial charge in [0, 0.05) is 25.2 Å². The number of carbonyl (C=O) groups is 4. The lowest BCUT2D eigenvalue weighted by Crippen LogP contribution is -2.60. The Morgan fingerprint density at radius 1 is 0.625 bits per heavy atom. The zero-order chi connectivity index (χ0) is 41.2. The first-order valence-electron chi connectivity index (χ1n) is 17.6. The average molecular weight is 779 g/mol. The molecule has 6 radical (unpaired) electrons. The molecular formula is C31H48B3N13O9. The molecule has 22 nitrogen and oxygen atoms in total. The molecule has 0 unspecified atom stereocenters. The number of hydrogen-bond acceptors (Lipinski definition) is 15. The molecular weight excluding hydrogens is 731 g/mol. The maximum absolute atomic E-state index is 13.7. The Labute approximate surface area is 328 Å². The van der Waals surface area contributed by atoms with Crippen LogP contribution < -0.4 is 21.3 Å². The van der Waals surface area contributed by atoms with E-state index in [1.54, 1.807) is 13.8 Å². The van der Waals surface area contributed by atoms with Crippen molar-refractivity contribution in [2.75, 3.05) is 52.9 Å². The number of nitrogens with one attached hydrogen (secondary N) is 4. The van der Waals surface area contributed by atoms with E-state index in [1.807, 2.05) is 20.8 Å². The fourth-order valence-electron chi connectivity index (χ4n) is 4.97. The lowest BCUT2D eigenvalue weighted by Gasteiger charge is -2.35. The quantitative estimate of drug-likeness (QED) is 0.0556. The molecule has 0 saturated heterocycles. The molecule has 3 aromatic rings. The Hall–Kier alpha value is -4.71. The van der Waals surface area contributed by atoms with Crippen molar-refractivity contribution in [1.29, 1.82) is 0 Å². The molecule has 0 spiro atoms. The number of ether oxygens (including phenoxy) is 5. The van der Waals surface area contributed by atoms with Crippen LogP contribution in [0.2, 0.25) is 0 Å². The van der Waals surface area contributed by atoms with E-state index in [9.17, 15) is 19.2 Å². The van der Waals surface area contributed by atoms with Crippen molar-refractivity contribution in [2.24, 2.45) is 0 Å². The third-order valence-corrected chi connectivity index (χ3v) is 7.63. The maximum Gasteiger partial charge on any atom is 0.266 e. The predicted molar refractivity (Wildman–Crippen MR) is 197 cm³/mol. The van der Waals surface area contributed by atoms with Gasteiger partial charge in [0.05, 0.1) is 63.7 Å². The van der Waals surface area contributed by atoms with Crippen molar-refractivity contribution in [3.05, 3.63) is 35.7 Å². The van der Waals surface area contributed by atoms with E-state index in [-0.39, 0.29) is 45.9 Å². The van der Waals surface area contributed by atoms with Gasteiger partial charge in [-0.3, -0.25) is 19.2 Å². The van der Waals surface area contributed by atoms with Gasteiger partial charge in [-0.25, -0.2) is 0 Å². The van der Waals surface area contributed by atoms with Crippen LogP contribution in [-0.2, 0) is 62.5 Å². The van der Waals surface area contributed by atoms with E-state index in [1.165, 1.54) is 18.6 Å². The van der Waals surface area contributed by atoms with Crippen LogP contribution in [0, 0.1) is 0 Å². The fourth-order valence-corrected chi connectivity index (χ4v) is 4.97. The summed E-state index contributed by atoms with van der Waals surface area (Å²) in [5, 5.41) is 33.1. The molecule has 0 aliphatic rings. The minimum atomic E-state index is -1.53. The molecule has 25 heteroatoms. The van der Waals surface area contributed by atoms with Gasteiger partial charge in [-0.2, -0.15) is 0 Å². The van der Waals surface area contributed by atoms with E-state index in [0.29, 0.717) is 36.7 Å². The molecule has 3 rings (SSSR count). The zero-order valence-electron chi connectivity index (χ0n) is 32.4. The normalized spacial score (nSPS) is 12.0. The van der Waals surface area contributed by atoms with Gasteiger partial charge < -0.3 is 58.7 Å². The van der Waals surface area contributed by atoms with Gasteiger partial charge >= 0.3 is 0 Å². The summed E-state index contributed by atoms with van der Waals surface area (Å²) in [6.45, 7) is 7.87. The van der Waals surface area contributed by atoms with Crippen LogP contribution in [0.15, 0.2) is 18.6 Å². The van der Waals surface area contributed by atoms with E-state index in [4.69, 9.17) is 47.6 Å². The topological polar surface area (TPSA) is 255 Å². The fraction of sp³-hybridized carbons (Fsp3) is 0.677. The van der Waals surface area contributed by atoms with Crippen molar-refractivity contribution in [2.45, 2.75) is 83.8 Å². The second-order valence-electron chi connectivity index (χ2n) is 13.9. The summed E-state index contributed by atoms with van der Waals surface area (Å²) in [5.74, 6) is -2.06. The minimum Gasteiger partial charge on any atom is -0.376 e. The van der Waals surface area contributed by atoms with Crippen LogP contribution in [0.25, 0.3) is 0 Å². The highest BCUT2D eigenvalue weighted by Crippen LogP contribution is 2.20. The zero-order valence-corrected chi connectivity index (χ0v) is 32.4. The molecule has 3 heterocycles. The molecule has 300 valence electrons. The van der Waals surface area contributed by atoms with Gasteiger partial charge in [0.25, 0.3) is 23.9 Å². The van der Waals surface area contributed by atoms with Gasteiger partial charge in [-0.15, -0.1) is 15.3 Å². The number of hydrogen-bond donors (Lipinski definition) is 4. The summed E-state index contributed by atoms with van der Waals surface area (Å²) in [6.07, 6.45) is 4.75. The highest BCUT2D eigenvalue weighted by molar-refractivity contribution is 6.06. The van der Waals surface area contributed by atoms with E-state index in [0.717, 1.165) is 13.8 Å². The van der Waals surface area contributed by atoms with E-state index < -0.39 is 60.2 Å². The number of nitrogens with zero attached hydrogens (tertiary/aromatic N) is 9. The third-order valence-electron chi connectivity index (χ3n) is 7.63. The number of amides is 4. The van der Waals surface area contributed by atoms with Gasteiger partial charge in [0.2, 0.25) is 23.6 Å². The molecule has 0 bridgehead atoms. The summed E-state index contributed by atoms with van der Waals surface area (Å²) < 4.78 is 32.2. The summed E-state index contributed by atoms with van der Waals surface area (Å²) in [7, 11) is 16.5. The first-order valence-corrected chi connectivity index (χ1v) is 17.6. The Balaban J connectivity index is 1.72. The average Bonchev–Trinajstić information content (AvgIpc) is 3.85. The molecule has 3 aromatic heterocycles. The van der Waals surface area contributed by atoms with Gasteiger partial charge in [-0.1, -0.05) is 15.6 Å². The maximum atomic E-state index is 13.7. The number of rotatable bonds is 27. The molecule has 4 amide bonds. The van der Waals surface area contributed by atoms with Crippen LogP contribution in [-0.4, -0.2) is 162 Å². The SMILES string of the molecule is [B]n1cc(CNC(=O)COCC(COCC(=O)NCc2cn([B])nn2)(COCC(=O)NCc2cn([B])nn2)NC(=O)CC(C)(C)OCCC(C)(C)OCC)nn1. The van der Waals surface area contributed by atoms with Crippen molar-refractivity contribution in [3.8, 4) is 0 Å². The van der Waals surface area contributed by atoms with Gasteiger partial charge in [0.1, 0.15) is 42.4 Å². The van der Waals surface area contributed by atoms with Crippen LogP contribution in [0.5, 0.6) is 0 Å². The Bertz CT molecular complexity index is 1550. The third kappa shape index (κ3) is 17.8. The first kappa shape index (κ1) is 45.7. The second-order valence-corrected chi connectivity index (χ2v) is 13.9. The summed E-state index contributed by atoms with van der Waals surface area (Å²) in [4.78, 5) is 51.7. The van der Waals surface area contributed by atoms with Crippen molar-refractivity contribution < 1.29 is 42.9 Å². The molecule has 0 aromatic carbocycles. The molecule has 4 N–H and O–H groups in total. The molecule has 0 saturated carbocycles. The molecule has 0 atom stereocenters. The van der Waals surface area contributed by atoms with Gasteiger partial charge in [-0.05, 0) is 41.0 Å². The van der Waals surface area contributed by atoms with Crippen molar-refractivity contribution in [1.82, 2.24) is 66.0 Å². The van der Waals surface area contributed by atoms with Crippen molar-refractivity contribution >= 4 is 47.6 Å². The van der Waals surface area contributed by atoms with Gasteiger partial charge in [0.15, 0.2) is 0 Å². The summed E-state index contributed by atoms with van der Waals surface area (Å²) in [6, 6.07) is 0. The lowest BCUT2D eigenvalue weighted by atomic mass is 9.99. The van der Waals surface area contributed by atoms with Crippen LogP contribution >= 0.6 is 0 Å². The first-order chi connectivity index (χ1) is 26.5. The van der Waals surface area contributed by atoms with Crippen LogP contribution in [0.3, 0.4) is 0 Å². The largest absolute Gasteiger partial charge is 0.376 e. The van der Waals surface area contributed by atoms with Crippen LogP contribution in [0.4, 0.5) is 0 Å². The Morgan fingerprint density at radius 3 is 1.36 bits per heavy atom. The Kier molecular flexibility index (Phi) is 18.1. The van der Waals surface area contributed by atoms with Crippen molar-refractivity contribution in [3.63, 3.8) is 0 Å². The summed E-state index contributed by atoms with van der Waals surface area (Å²) >= 11 is 0. The number of aromatic nitrogens is 9. The van der Waals surface area contributed by atoms with E-state index in [2.05, 4.69) is 52.2 Å². The Morgan fingerprint density at radius 2 is 1.02 bits per heavy atom. The highest BCUT2D eigenvalue weighted by Gasteiger charge is 2.36. The molecule has 0 aliphatic heterocycles. The standard InChI is InChI=1S/C31H48B3N13O9/c1-6-55-29(2,3)7-8-56-30(4,5)9-25(48)38-31(19-52-16-26(49)35-10-22-13-45(32)42-39-22,20-53-17-27(50)36-11-23-14-46(33)43-40-23)21-54-18-28(51)37-12-24-15-47(34)44-41-24/h13-15H,6-12,16-21H2,1-5H3,(H,35,49)(H,36,50)(H,37,51)(H,38,48).